The number of halogens is 3. The number of nitrogens with one attached hydrogen (secondary N) is 1. The van der Waals surface area contributed by atoms with Gasteiger partial charge in [-0.25, -0.2) is 18.8 Å². The highest BCUT2D eigenvalue weighted by molar-refractivity contribution is 7.92. The van der Waals surface area contributed by atoms with Gasteiger partial charge < -0.3 is 0 Å². The molecular formula is C25H19Cl3N4O3S. The second-order valence-electron chi connectivity index (χ2n) is 7.81. The van der Waals surface area contributed by atoms with Crippen molar-refractivity contribution in [2.24, 2.45) is 5.10 Å². The SMILES string of the molecule is Cc1ccc(S(=O)(=O)N(CC(=O)NN=Cc2cc3ccccc3nc2Cl)c2cc(Cl)cc(Cl)c2)cc1. The number of rotatable bonds is 7. The van der Waals surface area contributed by atoms with Crippen LogP contribution in [-0.2, 0) is 14.8 Å². The summed E-state index contributed by atoms with van der Waals surface area (Å²) in [6, 6.07) is 19.8. The molecule has 4 rings (SSSR count). The van der Waals surface area contributed by atoms with Gasteiger partial charge in [-0.1, -0.05) is 70.7 Å². The third-order valence-corrected chi connectivity index (χ3v) is 7.66. The van der Waals surface area contributed by atoms with E-state index in [1.165, 1.54) is 36.5 Å². The van der Waals surface area contributed by atoms with Crippen LogP contribution in [0.4, 0.5) is 5.69 Å². The van der Waals surface area contributed by atoms with Gasteiger partial charge in [0.05, 0.1) is 22.3 Å². The maximum Gasteiger partial charge on any atom is 0.264 e. The number of sulfonamides is 1. The van der Waals surface area contributed by atoms with Crippen molar-refractivity contribution in [2.75, 3.05) is 10.8 Å². The highest BCUT2D eigenvalue weighted by Crippen LogP contribution is 2.29. The fourth-order valence-electron chi connectivity index (χ4n) is 3.37. The van der Waals surface area contributed by atoms with Crippen molar-refractivity contribution in [3.8, 4) is 0 Å². The second kappa shape index (κ2) is 10.8. The topological polar surface area (TPSA) is 91.7 Å². The summed E-state index contributed by atoms with van der Waals surface area (Å²) < 4.78 is 27.8. The number of hydrogen-bond acceptors (Lipinski definition) is 5. The molecule has 0 unspecified atom stereocenters. The van der Waals surface area contributed by atoms with Crippen molar-refractivity contribution < 1.29 is 13.2 Å². The van der Waals surface area contributed by atoms with E-state index < -0.39 is 22.5 Å². The molecule has 0 radical (unpaired) electrons. The molecule has 4 aromatic rings. The monoisotopic (exact) mass is 560 g/mol. The van der Waals surface area contributed by atoms with Crippen LogP contribution < -0.4 is 9.73 Å². The van der Waals surface area contributed by atoms with E-state index >= 15 is 0 Å². The lowest BCUT2D eigenvalue weighted by atomic mass is 10.2. The maximum absolute atomic E-state index is 13.5. The first-order chi connectivity index (χ1) is 17.1. The van der Waals surface area contributed by atoms with Gasteiger partial charge in [-0.05, 0) is 49.4 Å². The van der Waals surface area contributed by atoms with E-state index in [2.05, 4.69) is 15.5 Å². The van der Waals surface area contributed by atoms with Gasteiger partial charge in [0.15, 0.2) is 0 Å². The minimum absolute atomic E-state index is 0.00881. The van der Waals surface area contributed by atoms with Gasteiger partial charge >= 0.3 is 0 Å². The standard InChI is InChI=1S/C25H19Cl3N4O3S/c1-16-6-8-22(9-7-16)36(34,35)32(21-12-19(26)11-20(27)13-21)15-24(33)31-29-14-18-10-17-4-2-3-5-23(17)30-25(18)28/h2-14H,15H2,1H3,(H,31,33). The Morgan fingerprint density at radius 2 is 1.67 bits per heavy atom. The number of pyridine rings is 1. The van der Waals surface area contributed by atoms with E-state index in [1.807, 2.05) is 31.2 Å². The van der Waals surface area contributed by atoms with Gasteiger partial charge in [0.25, 0.3) is 15.9 Å². The lowest BCUT2D eigenvalue weighted by molar-refractivity contribution is -0.119. The third-order valence-electron chi connectivity index (χ3n) is 5.13. The predicted octanol–water partition coefficient (Wildman–Crippen LogP) is 5.85. The van der Waals surface area contributed by atoms with Crippen LogP contribution in [0.2, 0.25) is 15.2 Å². The molecule has 0 atom stereocenters. The molecule has 0 saturated heterocycles. The molecule has 184 valence electrons. The fourth-order valence-corrected chi connectivity index (χ4v) is 5.49. The minimum Gasteiger partial charge on any atom is -0.271 e. The van der Waals surface area contributed by atoms with Gasteiger partial charge in [-0.15, -0.1) is 0 Å². The van der Waals surface area contributed by atoms with Crippen LogP contribution in [0.5, 0.6) is 0 Å². The number of hydrogen-bond donors (Lipinski definition) is 1. The molecule has 7 nitrogen and oxygen atoms in total. The number of carbonyl (C=O) groups excluding carboxylic acids is 1. The van der Waals surface area contributed by atoms with Gasteiger partial charge in [0, 0.05) is 21.0 Å². The Balaban J connectivity index is 1.59. The largest absolute Gasteiger partial charge is 0.271 e. The molecule has 1 aromatic heterocycles. The lowest BCUT2D eigenvalue weighted by Gasteiger charge is -2.24. The molecule has 36 heavy (non-hydrogen) atoms. The van der Waals surface area contributed by atoms with Crippen molar-refractivity contribution in [1.82, 2.24) is 10.4 Å². The number of aromatic nitrogens is 1. The smallest absolute Gasteiger partial charge is 0.264 e. The normalized spacial score (nSPS) is 11.7. The Labute approximate surface area is 223 Å². The third kappa shape index (κ3) is 5.96. The summed E-state index contributed by atoms with van der Waals surface area (Å²) in [4.78, 5) is 17.1. The first-order valence-corrected chi connectivity index (χ1v) is 13.1. The first-order valence-electron chi connectivity index (χ1n) is 10.6. The summed E-state index contributed by atoms with van der Waals surface area (Å²) in [5.74, 6) is -0.692. The van der Waals surface area contributed by atoms with E-state index in [4.69, 9.17) is 34.8 Å². The number of nitrogens with zero attached hydrogens (tertiary/aromatic N) is 3. The summed E-state index contributed by atoms with van der Waals surface area (Å²) in [6.07, 6.45) is 1.34. The summed E-state index contributed by atoms with van der Waals surface area (Å²) in [5.41, 5.74) is 4.57. The number of benzene rings is 3. The lowest BCUT2D eigenvalue weighted by Crippen LogP contribution is -2.39. The van der Waals surface area contributed by atoms with E-state index in [0.29, 0.717) is 5.56 Å². The number of carbonyl (C=O) groups is 1. The Bertz CT molecular complexity index is 1560. The van der Waals surface area contributed by atoms with Gasteiger partial charge in [0.1, 0.15) is 11.7 Å². The second-order valence-corrected chi connectivity index (χ2v) is 10.9. The number of amides is 1. The van der Waals surface area contributed by atoms with Gasteiger partial charge in [-0.2, -0.15) is 5.10 Å². The van der Waals surface area contributed by atoms with E-state index in [-0.39, 0.29) is 25.8 Å². The molecular weight excluding hydrogens is 543 g/mol. The Morgan fingerprint density at radius 1 is 1.00 bits per heavy atom. The zero-order chi connectivity index (χ0) is 25.9. The zero-order valence-electron chi connectivity index (χ0n) is 18.8. The van der Waals surface area contributed by atoms with Crippen LogP contribution in [0.3, 0.4) is 0 Å². The molecule has 0 aliphatic heterocycles. The van der Waals surface area contributed by atoms with Crippen LogP contribution in [0.15, 0.2) is 82.8 Å². The van der Waals surface area contributed by atoms with E-state index in [9.17, 15) is 13.2 Å². The van der Waals surface area contributed by atoms with Gasteiger partial charge in [0.2, 0.25) is 0 Å². The summed E-state index contributed by atoms with van der Waals surface area (Å²) in [6.45, 7) is 1.27. The average Bonchev–Trinajstić information content (AvgIpc) is 2.82. The molecule has 0 aliphatic rings. The molecule has 0 aliphatic carbocycles. The molecule has 0 saturated carbocycles. The van der Waals surface area contributed by atoms with Crippen molar-refractivity contribution in [1.29, 1.82) is 0 Å². The maximum atomic E-state index is 13.5. The number of aryl methyl sites for hydroxylation is 1. The van der Waals surface area contributed by atoms with Crippen LogP contribution in [0, 0.1) is 6.92 Å². The molecule has 3 aromatic carbocycles. The summed E-state index contributed by atoms with van der Waals surface area (Å²) >= 11 is 18.4. The zero-order valence-corrected chi connectivity index (χ0v) is 21.9. The number of fused-ring (bicyclic) bond motifs is 1. The fraction of sp³-hybridized carbons (Fsp3) is 0.0800. The van der Waals surface area contributed by atoms with E-state index in [0.717, 1.165) is 20.8 Å². The van der Waals surface area contributed by atoms with Crippen molar-refractivity contribution in [3.05, 3.63) is 99.1 Å². The molecule has 1 amide bonds. The van der Waals surface area contributed by atoms with Crippen LogP contribution in [-0.4, -0.2) is 32.1 Å². The minimum atomic E-state index is -4.14. The number of para-hydroxylation sites is 1. The molecule has 0 fully saturated rings. The Morgan fingerprint density at radius 3 is 2.36 bits per heavy atom. The van der Waals surface area contributed by atoms with Crippen molar-refractivity contribution in [3.63, 3.8) is 0 Å². The predicted molar refractivity (Wildman–Crippen MR) is 145 cm³/mol. The number of anilines is 1. The summed E-state index contributed by atoms with van der Waals surface area (Å²) in [5, 5.41) is 5.44. The molecule has 1 N–H and O–H groups in total. The average molecular weight is 562 g/mol. The van der Waals surface area contributed by atoms with Crippen LogP contribution >= 0.6 is 34.8 Å². The van der Waals surface area contributed by atoms with Crippen molar-refractivity contribution >= 4 is 73.5 Å². The first kappa shape index (κ1) is 25.9. The number of hydrazone groups is 1. The molecule has 1 heterocycles. The quantitative estimate of drug-likeness (QED) is 0.174. The van der Waals surface area contributed by atoms with E-state index in [1.54, 1.807) is 18.2 Å². The molecule has 0 bridgehead atoms. The summed E-state index contributed by atoms with van der Waals surface area (Å²) in [7, 11) is -4.14. The van der Waals surface area contributed by atoms with Crippen LogP contribution in [0.1, 0.15) is 11.1 Å². The molecule has 11 heteroatoms. The Hall–Kier alpha value is -3.17. The van der Waals surface area contributed by atoms with Crippen LogP contribution in [0.25, 0.3) is 10.9 Å². The highest BCUT2D eigenvalue weighted by Gasteiger charge is 2.27. The highest BCUT2D eigenvalue weighted by atomic mass is 35.5. The van der Waals surface area contributed by atoms with Crippen molar-refractivity contribution in [2.45, 2.75) is 11.8 Å². The molecule has 0 spiro atoms. The Kier molecular flexibility index (Phi) is 7.80. The van der Waals surface area contributed by atoms with Gasteiger partial charge in [-0.3, -0.25) is 9.10 Å².